The van der Waals surface area contributed by atoms with Gasteiger partial charge in [-0.3, -0.25) is 9.78 Å². The monoisotopic (exact) mass is 390 g/mol. The lowest BCUT2D eigenvalue weighted by Crippen LogP contribution is -2.30. The molecular weight excluding hydrogens is 364 g/mol. The van der Waals surface area contributed by atoms with Gasteiger partial charge in [0.1, 0.15) is 0 Å². The normalized spacial score (nSPS) is 13.0. The number of amides is 1. The summed E-state index contributed by atoms with van der Waals surface area (Å²) < 4.78 is 5.48. The Kier molecular flexibility index (Phi) is 6.27. The number of pyridine rings is 1. The Balaban J connectivity index is 1.77. The van der Waals surface area contributed by atoms with Crippen LogP contribution >= 0.6 is 0 Å². The predicted octanol–water partition coefficient (Wildman–Crippen LogP) is 5.24. The standard InChI is InChI=1S/C24H26N2O3/c1-5-15(2)18-10-6-8-12-21(18)26-23(27)17(4)29-24(28)20-14-16(3)25-22-13-9-7-11-19(20)22/h6-15,17H,5H2,1-4H3,(H,26,27)/t15-,17+/m0/s1. The molecule has 1 aromatic heterocycles. The van der Waals surface area contributed by atoms with Crippen LogP contribution in [0.3, 0.4) is 0 Å². The number of nitrogens with one attached hydrogen (secondary N) is 1. The fourth-order valence-electron chi connectivity index (χ4n) is 3.25. The Morgan fingerprint density at radius 1 is 1.07 bits per heavy atom. The van der Waals surface area contributed by atoms with Crippen LogP contribution in [0.4, 0.5) is 5.69 Å². The van der Waals surface area contributed by atoms with E-state index in [1.807, 2.05) is 55.5 Å². The number of anilines is 1. The highest BCUT2D eigenvalue weighted by Crippen LogP contribution is 2.27. The van der Waals surface area contributed by atoms with E-state index in [1.54, 1.807) is 13.0 Å². The third kappa shape index (κ3) is 4.62. The van der Waals surface area contributed by atoms with Crippen molar-refractivity contribution in [1.29, 1.82) is 0 Å². The van der Waals surface area contributed by atoms with Crippen molar-refractivity contribution in [3.63, 3.8) is 0 Å². The summed E-state index contributed by atoms with van der Waals surface area (Å²) in [6.45, 7) is 7.63. The summed E-state index contributed by atoms with van der Waals surface area (Å²) in [5.41, 5.74) is 3.67. The number of hydrogen-bond donors (Lipinski definition) is 1. The van der Waals surface area contributed by atoms with Crippen molar-refractivity contribution < 1.29 is 14.3 Å². The second kappa shape index (κ2) is 8.86. The third-order valence-electron chi connectivity index (χ3n) is 5.08. The molecule has 0 aliphatic heterocycles. The van der Waals surface area contributed by atoms with E-state index >= 15 is 0 Å². The van der Waals surface area contributed by atoms with Gasteiger partial charge in [0.15, 0.2) is 6.10 Å². The van der Waals surface area contributed by atoms with Crippen molar-refractivity contribution in [2.45, 2.75) is 46.1 Å². The fraction of sp³-hybridized carbons (Fsp3) is 0.292. The first-order valence-electron chi connectivity index (χ1n) is 9.87. The topological polar surface area (TPSA) is 68.3 Å². The van der Waals surface area contributed by atoms with E-state index in [-0.39, 0.29) is 5.91 Å². The lowest BCUT2D eigenvalue weighted by molar-refractivity contribution is -0.123. The fourth-order valence-corrected chi connectivity index (χ4v) is 3.25. The molecule has 150 valence electrons. The van der Waals surface area contributed by atoms with Crippen LogP contribution < -0.4 is 5.32 Å². The van der Waals surface area contributed by atoms with Crippen LogP contribution in [0.2, 0.25) is 0 Å². The van der Waals surface area contributed by atoms with Crippen molar-refractivity contribution in [1.82, 2.24) is 4.98 Å². The number of aryl methyl sites for hydroxylation is 1. The molecule has 0 spiro atoms. The molecule has 3 aromatic rings. The number of esters is 1. The van der Waals surface area contributed by atoms with E-state index in [1.165, 1.54) is 0 Å². The summed E-state index contributed by atoms with van der Waals surface area (Å²) in [4.78, 5) is 29.9. The lowest BCUT2D eigenvalue weighted by Gasteiger charge is -2.18. The zero-order valence-corrected chi connectivity index (χ0v) is 17.2. The van der Waals surface area contributed by atoms with Gasteiger partial charge in [-0.05, 0) is 49.9 Å². The van der Waals surface area contributed by atoms with Gasteiger partial charge in [-0.2, -0.15) is 0 Å². The van der Waals surface area contributed by atoms with Crippen molar-refractivity contribution in [2.75, 3.05) is 5.32 Å². The molecule has 0 saturated carbocycles. The minimum absolute atomic E-state index is 0.315. The number of rotatable bonds is 6. The molecule has 1 amide bonds. The van der Waals surface area contributed by atoms with Gasteiger partial charge < -0.3 is 10.1 Å². The molecule has 0 saturated heterocycles. The Morgan fingerprint density at radius 2 is 1.76 bits per heavy atom. The molecule has 5 nitrogen and oxygen atoms in total. The van der Waals surface area contributed by atoms with Gasteiger partial charge >= 0.3 is 5.97 Å². The minimum Gasteiger partial charge on any atom is -0.449 e. The first-order valence-corrected chi connectivity index (χ1v) is 9.87. The van der Waals surface area contributed by atoms with Gasteiger partial charge in [-0.1, -0.05) is 50.2 Å². The first kappa shape index (κ1) is 20.5. The predicted molar refractivity (Wildman–Crippen MR) is 115 cm³/mol. The van der Waals surface area contributed by atoms with Gasteiger partial charge in [-0.25, -0.2) is 4.79 Å². The largest absolute Gasteiger partial charge is 0.449 e. The molecule has 1 N–H and O–H groups in total. The summed E-state index contributed by atoms with van der Waals surface area (Å²) in [6, 6.07) is 16.8. The SMILES string of the molecule is CC[C@H](C)c1ccccc1NC(=O)[C@@H](C)OC(=O)c1cc(C)nc2ccccc12. The molecular formula is C24H26N2O3. The number of carbonyl (C=O) groups is 2. The number of nitrogens with zero attached hydrogens (tertiary/aromatic N) is 1. The Labute approximate surface area is 171 Å². The zero-order chi connectivity index (χ0) is 21.0. The Hall–Kier alpha value is -3.21. The maximum absolute atomic E-state index is 12.8. The number of para-hydroxylation sites is 2. The number of benzene rings is 2. The van der Waals surface area contributed by atoms with Crippen molar-refractivity contribution >= 4 is 28.5 Å². The molecule has 29 heavy (non-hydrogen) atoms. The molecule has 1 heterocycles. The molecule has 2 aromatic carbocycles. The number of fused-ring (bicyclic) bond motifs is 1. The number of aromatic nitrogens is 1. The molecule has 0 radical (unpaired) electrons. The molecule has 0 fully saturated rings. The second-order valence-electron chi connectivity index (χ2n) is 7.26. The number of carbonyl (C=O) groups excluding carboxylic acids is 2. The Morgan fingerprint density at radius 3 is 2.52 bits per heavy atom. The number of ether oxygens (including phenoxy) is 1. The molecule has 5 heteroatoms. The first-order chi connectivity index (χ1) is 13.9. The molecule has 0 bridgehead atoms. The summed E-state index contributed by atoms with van der Waals surface area (Å²) in [5, 5.41) is 3.61. The number of hydrogen-bond acceptors (Lipinski definition) is 4. The van der Waals surface area contributed by atoms with Crippen LogP contribution in [0.15, 0.2) is 54.6 Å². The smallest absolute Gasteiger partial charge is 0.339 e. The van der Waals surface area contributed by atoms with Gasteiger partial charge in [0, 0.05) is 16.8 Å². The minimum atomic E-state index is -0.931. The summed E-state index contributed by atoms with van der Waals surface area (Å²) >= 11 is 0. The van der Waals surface area contributed by atoms with Gasteiger partial charge in [-0.15, -0.1) is 0 Å². The summed E-state index contributed by atoms with van der Waals surface area (Å²) in [5.74, 6) is -0.579. The summed E-state index contributed by atoms with van der Waals surface area (Å²) in [7, 11) is 0. The van der Waals surface area contributed by atoms with E-state index in [2.05, 4.69) is 24.1 Å². The van der Waals surface area contributed by atoms with E-state index in [0.717, 1.165) is 28.9 Å². The molecule has 0 aliphatic carbocycles. The van der Waals surface area contributed by atoms with E-state index in [0.29, 0.717) is 16.9 Å². The van der Waals surface area contributed by atoms with Crippen molar-refractivity contribution in [3.05, 3.63) is 71.4 Å². The molecule has 0 unspecified atom stereocenters. The summed E-state index contributed by atoms with van der Waals surface area (Å²) in [6.07, 6.45) is 0.0334. The average molecular weight is 390 g/mol. The van der Waals surface area contributed by atoms with E-state index < -0.39 is 12.1 Å². The highest BCUT2D eigenvalue weighted by Gasteiger charge is 2.22. The second-order valence-corrected chi connectivity index (χ2v) is 7.26. The third-order valence-corrected chi connectivity index (χ3v) is 5.08. The average Bonchev–Trinajstić information content (AvgIpc) is 2.72. The van der Waals surface area contributed by atoms with E-state index in [4.69, 9.17) is 4.74 Å². The molecule has 3 rings (SSSR count). The highest BCUT2D eigenvalue weighted by atomic mass is 16.5. The van der Waals surface area contributed by atoms with Crippen molar-refractivity contribution in [2.24, 2.45) is 0 Å². The quantitative estimate of drug-likeness (QED) is 0.584. The molecule has 2 atom stereocenters. The van der Waals surface area contributed by atoms with Gasteiger partial charge in [0.2, 0.25) is 0 Å². The van der Waals surface area contributed by atoms with Crippen LogP contribution in [-0.2, 0) is 9.53 Å². The van der Waals surface area contributed by atoms with Gasteiger partial charge in [0.25, 0.3) is 5.91 Å². The molecule has 0 aliphatic rings. The van der Waals surface area contributed by atoms with Crippen LogP contribution in [0.1, 0.15) is 54.7 Å². The maximum Gasteiger partial charge on any atom is 0.339 e. The van der Waals surface area contributed by atoms with Crippen LogP contribution in [0, 0.1) is 6.92 Å². The lowest BCUT2D eigenvalue weighted by atomic mass is 9.97. The van der Waals surface area contributed by atoms with E-state index in [9.17, 15) is 9.59 Å². The van der Waals surface area contributed by atoms with Gasteiger partial charge in [0.05, 0.1) is 11.1 Å². The maximum atomic E-state index is 12.8. The van der Waals surface area contributed by atoms with Crippen LogP contribution in [0.25, 0.3) is 10.9 Å². The zero-order valence-electron chi connectivity index (χ0n) is 17.2. The van der Waals surface area contributed by atoms with Crippen LogP contribution in [0.5, 0.6) is 0 Å². The van der Waals surface area contributed by atoms with Crippen LogP contribution in [-0.4, -0.2) is 23.0 Å². The Bertz CT molecular complexity index is 1050. The highest BCUT2D eigenvalue weighted by molar-refractivity contribution is 6.05. The van der Waals surface area contributed by atoms with Crippen molar-refractivity contribution in [3.8, 4) is 0 Å².